The highest BCUT2D eigenvalue weighted by atomic mass is 19.1. The van der Waals surface area contributed by atoms with Crippen LogP contribution in [0.1, 0.15) is 6.42 Å². The van der Waals surface area contributed by atoms with Crippen molar-refractivity contribution in [2.45, 2.75) is 12.5 Å². The van der Waals surface area contributed by atoms with E-state index >= 15 is 0 Å². The maximum atomic E-state index is 14.0. The van der Waals surface area contributed by atoms with Gasteiger partial charge in [-0.3, -0.25) is 4.90 Å². The number of nitrogens with zero attached hydrogens (tertiary/aromatic N) is 3. The summed E-state index contributed by atoms with van der Waals surface area (Å²) in [6.07, 6.45) is 8.89. The van der Waals surface area contributed by atoms with Crippen molar-refractivity contribution in [2.75, 3.05) is 31.5 Å². The van der Waals surface area contributed by atoms with Crippen molar-refractivity contribution < 1.29 is 9.18 Å². The van der Waals surface area contributed by atoms with E-state index in [9.17, 15) is 9.18 Å². The first-order chi connectivity index (χ1) is 12.2. The number of hydrogen-bond donors (Lipinski definition) is 1. The van der Waals surface area contributed by atoms with Gasteiger partial charge in [-0.15, -0.1) is 0 Å². The molecule has 1 N–H and O–H groups in total. The zero-order chi connectivity index (χ0) is 17.2. The maximum absolute atomic E-state index is 14.0. The first-order valence-electron chi connectivity index (χ1n) is 8.58. The van der Waals surface area contributed by atoms with Gasteiger partial charge in [-0.1, -0.05) is 12.2 Å². The molecule has 1 aromatic carbocycles. The Balaban J connectivity index is 1.42. The molecule has 0 bridgehead atoms. The largest absolute Gasteiger partial charge is 0.323 e. The SMILES string of the molecule is O=C(Nc1ccc(F)c(-n2cccc2)c1)N1CC[C@H](N2CC=CC2)C1. The summed E-state index contributed by atoms with van der Waals surface area (Å²) in [6, 6.07) is 8.60. The van der Waals surface area contributed by atoms with E-state index < -0.39 is 0 Å². The van der Waals surface area contributed by atoms with Crippen LogP contribution in [0.4, 0.5) is 14.9 Å². The maximum Gasteiger partial charge on any atom is 0.321 e. The number of hydrogen-bond acceptors (Lipinski definition) is 2. The lowest BCUT2D eigenvalue weighted by Gasteiger charge is -2.23. The monoisotopic (exact) mass is 340 g/mol. The zero-order valence-corrected chi connectivity index (χ0v) is 13.9. The molecule has 0 radical (unpaired) electrons. The van der Waals surface area contributed by atoms with E-state index in [0.29, 0.717) is 17.4 Å². The van der Waals surface area contributed by atoms with Crippen LogP contribution >= 0.6 is 0 Å². The summed E-state index contributed by atoms with van der Waals surface area (Å²) in [5.41, 5.74) is 1.02. The Morgan fingerprint density at radius 2 is 1.92 bits per heavy atom. The Hall–Kier alpha value is -2.60. The standard InChI is InChI=1S/C19H21FN4O/c20-17-6-5-15(13-18(17)23-10-3-4-11-23)21-19(25)24-12-7-16(14-24)22-8-1-2-9-22/h1-6,10-11,13,16H,7-9,12,14H2,(H,21,25)/t16-/m0/s1. The molecule has 2 amide bonds. The Bertz CT molecular complexity index is 779. The van der Waals surface area contributed by atoms with E-state index in [1.807, 2.05) is 17.0 Å². The number of halogens is 1. The van der Waals surface area contributed by atoms with Crippen LogP contribution in [-0.2, 0) is 0 Å². The highest BCUT2D eigenvalue weighted by Gasteiger charge is 2.30. The minimum atomic E-state index is -0.322. The molecule has 0 saturated carbocycles. The topological polar surface area (TPSA) is 40.5 Å². The summed E-state index contributed by atoms with van der Waals surface area (Å²) < 4.78 is 15.7. The molecule has 1 saturated heterocycles. The molecule has 2 aliphatic rings. The molecule has 4 rings (SSSR count). The number of amides is 2. The van der Waals surface area contributed by atoms with Gasteiger partial charge in [0.15, 0.2) is 0 Å². The number of carbonyl (C=O) groups excluding carboxylic acids is 1. The van der Waals surface area contributed by atoms with E-state index in [-0.39, 0.29) is 11.8 Å². The van der Waals surface area contributed by atoms with Gasteiger partial charge in [0.2, 0.25) is 0 Å². The lowest BCUT2D eigenvalue weighted by atomic mass is 10.2. The average molecular weight is 340 g/mol. The summed E-state index contributed by atoms with van der Waals surface area (Å²) in [7, 11) is 0. The summed E-state index contributed by atoms with van der Waals surface area (Å²) in [5, 5.41) is 2.90. The van der Waals surface area contributed by atoms with E-state index in [1.165, 1.54) is 6.07 Å². The van der Waals surface area contributed by atoms with Crippen molar-refractivity contribution in [3.63, 3.8) is 0 Å². The van der Waals surface area contributed by atoms with Crippen LogP contribution in [0, 0.1) is 5.82 Å². The molecule has 5 nitrogen and oxygen atoms in total. The number of nitrogens with one attached hydrogen (secondary N) is 1. The molecule has 1 atom stereocenters. The number of aromatic nitrogens is 1. The Morgan fingerprint density at radius 3 is 2.68 bits per heavy atom. The second-order valence-electron chi connectivity index (χ2n) is 6.50. The molecule has 25 heavy (non-hydrogen) atoms. The van der Waals surface area contributed by atoms with E-state index in [4.69, 9.17) is 0 Å². The van der Waals surface area contributed by atoms with Gasteiger partial charge in [-0.25, -0.2) is 9.18 Å². The van der Waals surface area contributed by atoms with Crippen molar-refractivity contribution in [1.29, 1.82) is 0 Å². The predicted molar refractivity (Wildman–Crippen MR) is 95.4 cm³/mol. The number of urea groups is 1. The highest BCUT2D eigenvalue weighted by molar-refractivity contribution is 5.89. The molecule has 130 valence electrons. The third kappa shape index (κ3) is 3.30. The van der Waals surface area contributed by atoms with Crippen LogP contribution in [-0.4, -0.2) is 52.6 Å². The van der Waals surface area contributed by atoms with E-state index in [1.54, 1.807) is 29.1 Å². The Kier molecular flexibility index (Phi) is 4.28. The van der Waals surface area contributed by atoms with Gasteiger partial charge in [-0.2, -0.15) is 0 Å². The normalized spacial score (nSPS) is 20.4. The Labute approximate surface area is 146 Å². The number of benzene rings is 1. The molecule has 3 heterocycles. The second-order valence-corrected chi connectivity index (χ2v) is 6.50. The third-order valence-corrected chi connectivity index (χ3v) is 4.89. The molecule has 2 aromatic rings. The molecule has 0 spiro atoms. The van der Waals surface area contributed by atoms with E-state index in [2.05, 4.69) is 22.4 Å². The fourth-order valence-electron chi connectivity index (χ4n) is 3.50. The van der Waals surface area contributed by atoms with Gasteiger partial charge < -0.3 is 14.8 Å². The lowest BCUT2D eigenvalue weighted by molar-refractivity contribution is 0.212. The van der Waals surface area contributed by atoms with E-state index in [0.717, 1.165) is 32.6 Å². The molecule has 0 unspecified atom stereocenters. The summed E-state index contributed by atoms with van der Waals surface area (Å²) in [6.45, 7) is 3.43. The molecule has 0 aliphatic carbocycles. The van der Waals surface area contributed by atoms with Gasteiger partial charge in [0.25, 0.3) is 0 Å². The lowest BCUT2D eigenvalue weighted by Crippen LogP contribution is -2.38. The highest BCUT2D eigenvalue weighted by Crippen LogP contribution is 2.21. The Morgan fingerprint density at radius 1 is 1.16 bits per heavy atom. The quantitative estimate of drug-likeness (QED) is 0.873. The van der Waals surface area contributed by atoms with Gasteiger partial charge >= 0.3 is 6.03 Å². The molecule has 1 aromatic heterocycles. The van der Waals surface area contributed by atoms with Gasteiger partial charge in [-0.05, 0) is 36.8 Å². The van der Waals surface area contributed by atoms with Crippen LogP contribution in [0.2, 0.25) is 0 Å². The predicted octanol–water partition coefficient (Wildman–Crippen LogP) is 3.09. The van der Waals surface area contributed by atoms with Crippen molar-refractivity contribution in [2.24, 2.45) is 0 Å². The molecule has 2 aliphatic heterocycles. The average Bonchev–Trinajstić information content (AvgIpc) is 3.37. The van der Waals surface area contributed by atoms with Crippen molar-refractivity contribution in [3.8, 4) is 5.69 Å². The first kappa shape index (κ1) is 15.9. The number of likely N-dealkylation sites (tertiary alicyclic amines) is 1. The summed E-state index contributed by atoms with van der Waals surface area (Å²) >= 11 is 0. The fourth-order valence-corrected chi connectivity index (χ4v) is 3.50. The second kappa shape index (κ2) is 6.72. The van der Waals surface area contributed by atoms with Crippen LogP contribution in [0.3, 0.4) is 0 Å². The van der Waals surface area contributed by atoms with Crippen molar-refractivity contribution >= 4 is 11.7 Å². The summed E-state index contributed by atoms with van der Waals surface area (Å²) in [4.78, 5) is 16.8. The van der Waals surface area contributed by atoms with Crippen LogP contribution in [0.5, 0.6) is 0 Å². The van der Waals surface area contributed by atoms with Crippen LogP contribution < -0.4 is 5.32 Å². The van der Waals surface area contributed by atoms with Crippen LogP contribution in [0.25, 0.3) is 5.69 Å². The zero-order valence-electron chi connectivity index (χ0n) is 13.9. The van der Waals surface area contributed by atoms with Gasteiger partial charge in [0, 0.05) is 50.3 Å². The third-order valence-electron chi connectivity index (χ3n) is 4.89. The van der Waals surface area contributed by atoms with Crippen molar-refractivity contribution in [1.82, 2.24) is 14.4 Å². The first-order valence-corrected chi connectivity index (χ1v) is 8.58. The molecular weight excluding hydrogens is 319 g/mol. The number of rotatable bonds is 3. The smallest absolute Gasteiger partial charge is 0.321 e. The summed E-state index contributed by atoms with van der Waals surface area (Å²) in [5.74, 6) is -0.322. The molecular formula is C19H21FN4O. The minimum absolute atomic E-state index is 0.125. The van der Waals surface area contributed by atoms with Gasteiger partial charge in [0.1, 0.15) is 5.82 Å². The van der Waals surface area contributed by atoms with Gasteiger partial charge in [0.05, 0.1) is 5.69 Å². The number of anilines is 1. The van der Waals surface area contributed by atoms with Crippen molar-refractivity contribution in [3.05, 3.63) is 60.7 Å². The van der Waals surface area contributed by atoms with Crippen LogP contribution in [0.15, 0.2) is 54.9 Å². The fraction of sp³-hybridized carbons (Fsp3) is 0.316. The minimum Gasteiger partial charge on any atom is -0.323 e. The number of carbonyl (C=O) groups is 1. The molecule has 1 fully saturated rings. The molecule has 6 heteroatoms.